The van der Waals surface area contributed by atoms with Crippen LogP contribution in [0, 0.1) is 11.8 Å². The van der Waals surface area contributed by atoms with E-state index < -0.39 is 41.6 Å². The number of hydrogen-bond donors (Lipinski definition) is 1. The van der Waals surface area contributed by atoms with E-state index in [0.29, 0.717) is 28.8 Å². The summed E-state index contributed by atoms with van der Waals surface area (Å²) in [7, 11) is 3.15. The number of β-lactam (4-membered cyclic amide) rings is 1. The Balaban J connectivity index is 1.37. The number of amides is 4. The predicted octanol–water partition coefficient (Wildman–Crippen LogP) is 6.83. The van der Waals surface area contributed by atoms with Crippen molar-refractivity contribution in [1.29, 1.82) is 0 Å². The molecule has 0 bridgehead atoms. The van der Waals surface area contributed by atoms with Crippen LogP contribution in [0.5, 0.6) is 11.5 Å². The van der Waals surface area contributed by atoms with Crippen molar-refractivity contribution in [1.82, 2.24) is 15.2 Å². The zero-order valence-electron chi connectivity index (χ0n) is 30.9. The maximum Gasteiger partial charge on any atom is 0.416 e. The van der Waals surface area contributed by atoms with Gasteiger partial charge in [0.25, 0.3) is 0 Å². The Kier molecular flexibility index (Phi) is 12.4. The second-order valence-corrected chi connectivity index (χ2v) is 14.5. The van der Waals surface area contributed by atoms with E-state index in [4.69, 9.17) is 18.9 Å². The fraction of sp³-hybridized carbons (Fsp3) is 0.475. The molecule has 278 valence electrons. The minimum Gasteiger partial charge on any atom is -0.497 e. The fourth-order valence-electron chi connectivity index (χ4n) is 6.68. The number of carbonyl (C=O) groups is 4. The number of aromatic nitrogens is 1. The van der Waals surface area contributed by atoms with Crippen molar-refractivity contribution in [2.75, 3.05) is 19.1 Å². The molecule has 1 aromatic heterocycles. The highest BCUT2D eigenvalue weighted by Crippen LogP contribution is 2.34. The van der Waals surface area contributed by atoms with Crippen LogP contribution in [0.25, 0.3) is 0 Å². The number of methoxy groups -OCH3 is 2. The number of pyridine rings is 1. The molecule has 5 rings (SSSR count). The zero-order valence-corrected chi connectivity index (χ0v) is 30.9. The monoisotopic (exact) mass is 714 g/mol. The molecule has 0 unspecified atom stereocenters. The number of rotatable bonds is 12. The molecule has 1 aliphatic heterocycles. The number of imide groups is 1. The summed E-state index contributed by atoms with van der Waals surface area (Å²) in [6.45, 7) is 7.43. The molecule has 12 heteroatoms. The number of ether oxygens (including phenoxy) is 4. The standard InChI is InChI=1S/C40H50N4O8/c1-26(30-10-8-7-9-11-30)42-38(47)44-35(37(46)51-25-28-14-18-32(50-6)19-15-28)33(36(44)45)22-29-20-21-41-34(23-29)43(39(48)52-40(2,3)4)24-27-12-16-31(49-5)17-13-27/h12-21,23,26,30,33,35H,7-11,22,24-25H2,1-6H3,(H,42,47)/t26-,33-,35+/m1/s1. The van der Waals surface area contributed by atoms with Gasteiger partial charge in [0.2, 0.25) is 5.91 Å². The summed E-state index contributed by atoms with van der Waals surface area (Å²) in [5.74, 6) is -0.0478. The maximum absolute atomic E-state index is 13.7. The lowest BCUT2D eigenvalue weighted by molar-refractivity contribution is -0.170. The van der Waals surface area contributed by atoms with Crippen LogP contribution in [0.15, 0.2) is 66.9 Å². The molecule has 2 aromatic carbocycles. The average molecular weight is 715 g/mol. The normalized spacial score (nSPS) is 18.1. The molecule has 1 N–H and O–H groups in total. The highest BCUT2D eigenvalue weighted by Gasteiger charge is 2.55. The zero-order chi connectivity index (χ0) is 37.4. The van der Waals surface area contributed by atoms with Crippen LogP contribution < -0.4 is 19.7 Å². The molecule has 2 heterocycles. The van der Waals surface area contributed by atoms with Crippen molar-refractivity contribution in [2.24, 2.45) is 11.8 Å². The van der Waals surface area contributed by atoms with Gasteiger partial charge in [0.1, 0.15) is 29.5 Å². The van der Waals surface area contributed by atoms with E-state index in [1.165, 1.54) is 11.3 Å². The van der Waals surface area contributed by atoms with Crippen LogP contribution >= 0.6 is 0 Å². The first-order valence-corrected chi connectivity index (χ1v) is 17.9. The van der Waals surface area contributed by atoms with E-state index in [-0.39, 0.29) is 25.6 Å². The molecule has 0 radical (unpaired) electrons. The highest BCUT2D eigenvalue weighted by molar-refractivity contribution is 6.08. The van der Waals surface area contributed by atoms with Gasteiger partial charge in [0.15, 0.2) is 6.04 Å². The first-order chi connectivity index (χ1) is 24.9. The van der Waals surface area contributed by atoms with Crippen molar-refractivity contribution in [3.05, 3.63) is 83.6 Å². The first kappa shape index (κ1) is 38.1. The van der Waals surface area contributed by atoms with E-state index in [1.807, 2.05) is 19.1 Å². The summed E-state index contributed by atoms with van der Waals surface area (Å²) in [4.78, 5) is 61.4. The molecule has 52 heavy (non-hydrogen) atoms. The lowest BCUT2D eigenvalue weighted by Crippen LogP contribution is -2.69. The number of likely N-dealkylation sites (tertiary alicyclic amines) is 1. The van der Waals surface area contributed by atoms with Gasteiger partial charge in [-0.15, -0.1) is 0 Å². The molecule has 1 saturated heterocycles. The lowest BCUT2D eigenvalue weighted by Gasteiger charge is -2.44. The van der Waals surface area contributed by atoms with Gasteiger partial charge >= 0.3 is 18.1 Å². The van der Waals surface area contributed by atoms with E-state index >= 15 is 0 Å². The van der Waals surface area contributed by atoms with Gasteiger partial charge < -0.3 is 24.3 Å². The molecule has 1 saturated carbocycles. The molecule has 1 aliphatic carbocycles. The number of nitrogens with one attached hydrogen (secondary N) is 1. The Morgan fingerprint density at radius 2 is 1.52 bits per heavy atom. The summed E-state index contributed by atoms with van der Waals surface area (Å²) >= 11 is 0. The van der Waals surface area contributed by atoms with Gasteiger partial charge in [0.05, 0.1) is 26.7 Å². The Hall–Kier alpha value is -5.13. The average Bonchev–Trinajstić information content (AvgIpc) is 3.14. The van der Waals surface area contributed by atoms with E-state index in [1.54, 1.807) is 89.7 Å². The Bertz CT molecular complexity index is 1700. The number of benzene rings is 2. The fourth-order valence-corrected chi connectivity index (χ4v) is 6.68. The van der Waals surface area contributed by atoms with Crippen LogP contribution in [-0.4, -0.2) is 65.8 Å². The van der Waals surface area contributed by atoms with Crippen LogP contribution in [0.2, 0.25) is 0 Å². The van der Waals surface area contributed by atoms with Crippen LogP contribution in [-0.2, 0) is 38.6 Å². The molecular formula is C40H50N4O8. The van der Waals surface area contributed by atoms with Gasteiger partial charge in [-0.2, -0.15) is 0 Å². The highest BCUT2D eigenvalue weighted by atomic mass is 16.6. The van der Waals surface area contributed by atoms with E-state index in [2.05, 4.69) is 10.3 Å². The van der Waals surface area contributed by atoms with Crippen LogP contribution in [0.3, 0.4) is 0 Å². The van der Waals surface area contributed by atoms with Crippen molar-refractivity contribution >= 4 is 29.8 Å². The van der Waals surface area contributed by atoms with Gasteiger partial charge in [-0.25, -0.2) is 24.3 Å². The molecule has 12 nitrogen and oxygen atoms in total. The third kappa shape index (κ3) is 9.59. The number of esters is 1. The molecule has 3 aromatic rings. The predicted molar refractivity (Wildman–Crippen MR) is 195 cm³/mol. The van der Waals surface area contributed by atoms with Crippen molar-refractivity contribution in [3.63, 3.8) is 0 Å². The Morgan fingerprint density at radius 3 is 2.12 bits per heavy atom. The summed E-state index contributed by atoms with van der Waals surface area (Å²) in [6.07, 6.45) is 6.48. The number of hydrogen-bond acceptors (Lipinski definition) is 9. The number of carbonyl (C=O) groups excluding carboxylic acids is 4. The maximum atomic E-state index is 13.7. The summed E-state index contributed by atoms with van der Waals surface area (Å²) in [5.41, 5.74) is 1.44. The van der Waals surface area contributed by atoms with Gasteiger partial charge in [-0.05, 0) is 106 Å². The molecule has 3 atom stereocenters. The minimum atomic E-state index is -1.14. The molecule has 0 spiro atoms. The van der Waals surface area contributed by atoms with Gasteiger partial charge in [-0.1, -0.05) is 43.5 Å². The lowest BCUT2D eigenvalue weighted by atomic mass is 9.82. The Labute approximate surface area is 305 Å². The van der Waals surface area contributed by atoms with Gasteiger partial charge in [0, 0.05) is 12.2 Å². The minimum absolute atomic E-state index is 0.0379. The quantitative estimate of drug-likeness (QED) is 0.158. The number of nitrogens with zero attached hydrogens (tertiary/aromatic N) is 3. The second-order valence-electron chi connectivity index (χ2n) is 14.5. The molecule has 2 fully saturated rings. The van der Waals surface area contributed by atoms with Crippen molar-refractivity contribution in [3.8, 4) is 11.5 Å². The third-order valence-electron chi connectivity index (χ3n) is 9.58. The van der Waals surface area contributed by atoms with E-state index in [9.17, 15) is 19.2 Å². The topological polar surface area (TPSA) is 137 Å². The number of urea groups is 1. The summed E-state index contributed by atoms with van der Waals surface area (Å²) in [6, 6.07) is 16.0. The molecule has 4 amide bonds. The largest absolute Gasteiger partial charge is 0.497 e. The SMILES string of the molecule is COc1ccc(COC(=O)[C@@H]2[C@@H](Cc3ccnc(N(Cc4ccc(OC)cc4)C(=O)OC(C)(C)C)c3)C(=O)N2C(=O)N[C@H](C)C2CCCCC2)cc1. The summed E-state index contributed by atoms with van der Waals surface area (Å²) in [5, 5.41) is 2.99. The first-order valence-electron chi connectivity index (χ1n) is 17.9. The third-order valence-corrected chi connectivity index (χ3v) is 9.58. The smallest absolute Gasteiger partial charge is 0.416 e. The van der Waals surface area contributed by atoms with Crippen LogP contribution in [0.1, 0.15) is 76.5 Å². The molecular weight excluding hydrogens is 664 g/mol. The van der Waals surface area contributed by atoms with Crippen molar-refractivity contribution in [2.45, 2.75) is 97.1 Å². The van der Waals surface area contributed by atoms with Crippen LogP contribution in [0.4, 0.5) is 15.4 Å². The second kappa shape index (κ2) is 16.9. The van der Waals surface area contributed by atoms with Gasteiger partial charge in [-0.3, -0.25) is 9.69 Å². The molecule has 2 aliphatic rings. The summed E-state index contributed by atoms with van der Waals surface area (Å²) < 4.78 is 21.9. The van der Waals surface area contributed by atoms with E-state index in [0.717, 1.165) is 41.7 Å². The Morgan fingerprint density at radius 1 is 0.904 bits per heavy atom. The number of anilines is 1. The van der Waals surface area contributed by atoms with Crippen molar-refractivity contribution < 1.29 is 38.1 Å².